The first-order chi connectivity index (χ1) is 8.18. The third-order valence-electron chi connectivity index (χ3n) is 2.94. The average Bonchev–Trinajstić information content (AvgIpc) is 2.60. The van der Waals surface area contributed by atoms with E-state index in [4.69, 9.17) is 10.0 Å². The highest BCUT2D eigenvalue weighted by Crippen LogP contribution is 2.16. The van der Waals surface area contributed by atoms with Crippen molar-refractivity contribution in [3.8, 4) is 0 Å². The molecule has 4 nitrogen and oxygen atoms in total. The molecule has 0 spiro atoms. The number of rotatable bonds is 5. The maximum atomic E-state index is 8.77. The van der Waals surface area contributed by atoms with Gasteiger partial charge in [0.1, 0.15) is 5.82 Å². The van der Waals surface area contributed by atoms with Crippen LogP contribution in [0.3, 0.4) is 0 Å². The zero-order valence-electron chi connectivity index (χ0n) is 10.0. The second-order valence-corrected chi connectivity index (χ2v) is 4.28. The van der Waals surface area contributed by atoms with E-state index in [0.29, 0.717) is 6.32 Å². The Morgan fingerprint density at radius 3 is 2.76 bits per heavy atom. The van der Waals surface area contributed by atoms with Crippen LogP contribution in [-0.4, -0.2) is 26.7 Å². The van der Waals surface area contributed by atoms with Crippen molar-refractivity contribution in [2.45, 2.75) is 32.6 Å². The normalized spacial score (nSPS) is 11.0. The fraction of sp³-hybridized carbons (Fsp3) is 0.417. The second-order valence-electron chi connectivity index (χ2n) is 4.28. The Morgan fingerprint density at radius 2 is 2.00 bits per heavy atom. The number of aromatic nitrogens is 2. The van der Waals surface area contributed by atoms with Crippen molar-refractivity contribution < 1.29 is 10.0 Å². The van der Waals surface area contributed by atoms with Gasteiger partial charge in [0.15, 0.2) is 0 Å². The van der Waals surface area contributed by atoms with Crippen molar-refractivity contribution in [1.29, 1.82) is 0 Å². The summed E-state index contributed by atoms with van der Waals surface area (Å²) in [6, 6.07) is 8.07. The molecule has 0 aliphatic heterocycles. The van der Waals surface area contributed by atoms with E-state index >= 15 is 0 Å². The summed E-state index contributed by atoms with van der Waals surface area (Å²) in [7, 11) is -1.18. The first-order valence-corrected chi connectivity index (χ1v) is 5.96. The van der Waals surface area contributed by atoms with Gasteiger partial charge in [0.25, 0.3) is 0 Å². The molecular formula is C12H17BN2O2. The van der Waals surface area contributed by atoms with E-state index < -0.39 is 7.12 Å². The number of unbranched alkanes of at least 4 members (excludes halogenated alkanes) is 1. The van der Waals surface area contributed by atoms with Gasteiger partial charge in [-0.3, -0.25) is 0 Å². The first-order valence-electron chi connectivity index (χ1n) is 5.96. The first kappa shape index (κ1) is 12.1. The number of para-hydroxylation sites is 2. The largest absolute Gasteiger partial charge is 0.451 e. The van der Waals surface area contributed by atoms with Gasteiger partial charge in [0, 0.05) is 6.54 Å². The van der Waals surface area contributed by atoms with Crippen LogP contribution >= 0.6 is 0 Å². The molecule has 1 aromatic carbocycles. The molecule has 0 aliphatic carbocycles. The summed E-state index contributed by atoms with van der Waals surface area (Å²) >= 11 is 0. The number of fused-ring (bicyclic) bond motifs is 1. The molecule has 2 rings (SSSR count). The molecule has 0 radical (unpaired) electrons. The van der Waals surface area contributed by atoms with Crippen molar-refractivity contribution in [2.75, 3.05) is 0 Å². The zero-order valence-corrected chi connectivity index (χ0v) is 10.0. The van der Waals surface area contributed by atoms with Gasteiger partial charge in [0.2, 0.25) is 0 Å². The molecule has 5 heteroatoms. The number of nitrogens with zero attached hydrogens (tertiary/aromatic N) is 2. The van der Waals surface area contributed by atoms with E-state index in [0.717, 1.165) is 36.2 Å². The van der Waals surface area contributed by atoms with Gasteiger partial charge in [-0.1, -0.05) is 18.6 Å². The highest BCUT2D eigenvalue weighted by molar-refractivity contribution is 6.40. The molecule has 90 valence electrons. The predicted octanol–water partition coefficient (Wildman–Crippen LogP) is 1.60. The van der Waals surface area contributed by atoms with Gasteiger partial charge in [-0.2, -0.15) is 0 Å². The van der Waals surface area contributed by atoms with Crippen molar-refractivity contribution in [3.63, 3.8) is 0 Å². The van der Waals surface area contributed by atoms with E-state index in [1.54, 1.807) is 0 Å². The van der Waals surface area contributed by atoms with Crippen LogP contribution in [0.4, 0.5) is 0 Å². The minimum atomic E-state index is -1.18. The number of benzene rings is 1. The maximum absolute atomic E-state index is 8.77. The minimum Gasteiger partial charge on any atom is -0.427 e. The van der Waals surface area contributed by atoms with Gasteiger partial charge in [-0.05, 0) is 31.8 Å². The van der Waals surface area contributed by atoms with Crippen molar-refractivity contribution in [3.05, 3.63) is 30.1 Å². The van der Waals surface area contributed by atoms with Crippen molar-refractivity contribution in [2.24, 2.45) is 0 Å². The maximum Gasteiger partial charge on any atom is 0.451 e. The van der Waals surface area contributed by atoms with Gasteiger partial charge < -0.3 is 14.6 Å². The highest BCUT2D eigenvalue weighted by atomic mass is 16.4. The molecule has 0 unspecified atom stereocenters. The van der Waals surface area contributed by atoms with E-state index in [2.05, 4.69) is 15.6 Å². The smallest absolute Gasteiger partial charge is 0.427 e. The predicted molar refractivity (Wildman–Crippen MR) is 68.7 cm³/mol. The fourth-order valence-electron chi connectivity index (χ4n) is 2.08. The number of aryl methyl sites for hydroxylation is 2. The van der Waals surface area contributed by atoms with Crippen LogP contribution in [0.1, 0.15) is 18.7 Å². The third kappa shape index (κ3) is 2.87. The standard InChI is InChI=1S/C12H17BN2O2/c1-10-14-11-6-2-3-7-12(11)15(10)9-5-4-8-13(16)17/h2-3,6-7,16-17H,4-5,8-9H2,1H3. The van der Waals surface area contributed by atoms with Crippen LogP contribution in [0.5, 0.6) is 0 Å². The lowest BCUT2D eigenvalue weighted by molar-refractivity contribution is 0.401. The minimum absolute atomic E-state index is 0.436. The van der Waals surface area contributed by atoms with E-state index in [-0.39, 0.29) is 0 Å². The monoisotopic (exact) mass is 232 g/mol. The molecule has 0 saturated heterocycles. The molecule has 0 amide bonds. The third-order valence-corrected chi connectivity index (χ3v) is 2.94. The average molecular weight is 232 g/mol. The number of imidazole rings is 1. The van der Waals surface area contributed by atoms with Gasteiger partial charge in [-0.25, -0.2) is 4.98 Å². The molecule has 2 aromatic rings. The summed E-state index contributed by atoms with van der Waals surface area (Å²) in [6.07, 6.45) is 2.17. The van der Waals surface area contributed by atoms with Gasteiger partial charge in [-0.15, -0.1) is 0 Å². The van der Waals surface area contributed by atoms with Crippen LogP contribution in [-0.2, 0) is 6.54 Å². The molecule has 0 saturated carbocycles. The lowest BCUT2D eigenvalue weighted by Gasteiger charge is -2.06. The molecule has 17 heavy (non-hydrogen) atoms. The molecule has 1 aromatic heterocycles. The lowest BCUT2D eigenvalue weighted by atomic mass is 9.84. The summed E-state index contributed by atoms with van der Waals surface area (Å²) in [6.45, 7) is 2.87. The van der Waals surface area contributed by atoms with Crippen LogP contribution in [0, 0.1) is 6.92 Å². The Kier molecular flexibility index (Phi) is 3.81. The Balaban J connectivity index is 2.05. The fourth-order valence-corrected chi connectivity index (χ4v) is 2.08. The molecule has 0 bridgehead atoms. The molecule has 0 fully saturated rings. The SMILES string of the molecule is Cc1nc2ccccc2n1CCCCB(O)O. The van der Waals surface area contributed by atoms with Crippen LogP contribution in [0.2, 0.25) is 6.32 Å². The van der Waals surface area contributed by atoms with Crippen molar-refractivity contribution in [1.82, 2.24) is 9.55 Å². The topological polar surface area (TPSA) is 58.3 Å². The van der Waals surface area contributed by atoms with Crippen molar-refractivity contribution >= 4 is 18.2 Å². The summed E-state index contributed by atoms with van der Waals surface area (Å²) in [5, 5.41) is 17.5. The molecular weight excluding hydrogens is 215 g/mol. The van der Waals surface area contributed by atoms with Crippen LogP contribution in [0.25, 0.3) is 11.0 Å². The van der Waals surface area contributed by atoms with E-state index in [9.17, 15) is 0 Å². The van der Waals surface area contributed by atoms with E-state index in [1.165, 1.54) is 0 Å². The summed E-state index contributed by atoms with van der Waals surface area (Å²) in [4.78, 5) is 4.49. The van der Waals surface area contributed by atoms with Gasteiger partial charge >= 0.3 is 7.12 Å². The summed E-state index contributed by atoms with van der Waals surface area (Å²) in [5.41, 5.74) is 2.17. The van der Waals surface area contributed by atoms with Crippen LogP contribution < -0.4 is 0 Å². The Bertz CT molecular complexity index is 496. The molecule has 0 atom stereocenters. The van der Waals surface area contributed by atoms with Crippen LogP contribution in [0.15, 0.2) is 24.3 Å². The number of hydrogen-bond acceptors (Lipinski definition) is 3. The summed E-state index contributed by atoms with van der Waals surface area (Å²) in [5.74, 6) is 1.01. The molecule has 2 N–H and O–H groups in total. The molecule has 1 heterocycles. The highest BCUT2D eigenvalue weighted by Gasteiger charge is 2.08. The van der Waals surface area contributed by atoms with Gasteiger partial charge in [0.05, 0.1) is 11.0 Å². The quantitative estimate of drug-likeness (QED) is 0.608. The summed E-state index contributed by atoms with van der Waals surface area (Å²) < 4.78 is 2.18. The lowest BCUT2D eigenvalue weighted by Crippen LogP contribution is -2.10. The Labute approximate surface area is 101 Å². The second kappa shape index (κ2) is 5.34. The Hall–Kier alpha value is -1.33. The number of hydrogen-bond donors (Lipinski definition) is 2. The molecule has 0 aliphatic rings. The zero-order chi connectivity index (χ0) is 12.3. The Morgan fingerprint density at radius 1 is 1.24 bits per heavy atom. The van der Waals surface area contributed by atoms with E-state index in [1.807, 2.05) is 25.1 Å².